The summed E-state index contributed by atoms with van der Waals surface area (Å²) in [7, 11) is 0. The van der Waals surface area contributed by atoms with Crippen molar-refractivity contribution in [2.45, 2.75) is 46.1 Å². The van der Waals surface area contributed by atoms with Crippen LogP contribution >= 0.6 is 0 Å². The van der Waals surface area contributed by atoms with Crippen molar-refractivity contribution in [3.05, 3.63) is 65.2 Å². The molecule has 1 aliphatic rings. The molecule has 0 unspecified atom stereocenters. The number of nitrogens with one attached hydrogen (secondary N) is 1. The van der Waals surface area contributed by atoms with Gasteiger partial charge in [0, 0.05) is 11.3 Å². The maximum atomic E-state index is 13.0. The number of nitrogens with zero attached hydrogens (tertiary/aromatic N) is 1. The van der Waals surface area contributed by atoms with Gasteiger partial charge in [0.05, 0.1) is 13.1 Å². The number of hydrogen-bond donors (Lipinski definition) is 1. The zero-order chi connectivity index (χ0) is 18.4. The molecule has 0 radical (unpaired) electrons. The smallest absolute Gasteiger partial charge is 0.279 e. The molecule has 27 heavy (non-hydrogen) atoms. The Morgan fingerprint density at radius 1 is 0.889 bits per heavy atom. The normalized spacial score (nSPS) is 16.1. The fourth-order valence-corrected chi connectivity index (χ4v) is 4.20. The second-order valence-electron chi connectivity index (χ2n) is 7.82. The van der Waals surface area contributed by atoms with Crippen molar-refractivity contribution in [3.63, 3.8) is 0 Å². The van der Waals surface area contributed by atoms with E-state index < -0.39 is 0 Å². The largest absolute Gasteiger partial charge is 1.00 e. The van der Waals surface area contributed by atoms with Crippen LogP contribution in [0.3, 0.4) is 0 Å². The number of hydrogen-bond acceptors (Lipinski definition) is 1. The predicted octanol–water partition coefficient (Wildman–Crippen LogP) is 1.84. The minimum atomic E-state index is 0. The third kappa shape index (κ3) is 5.82. The van der Waals surface area contributed by atoms with E-state index in [2.05, 4.69) is 61.6 Å². The van der Waals surface area contributed by atoms with Gasteiger partial charge in [0.2, 0.25) is 0 Å². The number of quaternary nitrogens is 1. The SMILES string of the molecule is Cc1cccc(C)c1NC(=O)C[N+]1(Cc2ccccc2)CCCCCC1.[Cl-]. The fraction of sp³-hybridized carbons (Fsp3) is 0.435. The van der Waals surface area contributed by atoms with E-state index in [4.69, 9.17) is 0 Å². The van der Waals surface area contributed by atoms with E-state index in [9.17, 15) is 4.79 Å². The Kier molecular flexibility index (Phi) is 7.88. The molecular formula is C23H31ClN2O. The molecule has 0 saturated carbocycles. The summed E-state index contributed by atoms with van der Waals surface area (Å²) in [6, 6.07) is 16.8. The van der Waals surface area contributed by atoms with Crippen LogP contribution < -0.4 is 17.7 Å². The summed E-state index contributed by atoms with van der Waals surface area (Å²) < 4.78 is 0.876. The van der Waals surface area contributed by atoms with Crippen LogP contribution in [0, 0.1) is 13.8 Å². The van der Waals surface area contributed by atoms with Gasteiger partial charge in [0.25, 0.3) is 5.91 Å². The van der Waals surface area contributed by atoms with Crippen molar-refractivity contribution in [2.24, 2.45) is 0 Å². The van der Waals surface area contributed by atoms with Gasteiger partial charge >= 0.3 is 0 Å². The van der Waals surface area contributed by atoms with Crippen LogP contribution in [-0.2, 0) is 11.3 Å². The van der Waals surface area contributed by atoms with Crippen molar-refractivity contribution < 1.29 is 21.7 Å². The molecular weight excluding hydrogens is 356 g/mol. The van der Waals surface area contributed by atoms with Gasteiger partial charge in [-0.1, -0.05) is 48.5 Å². The van der Waals surface area contributed by atoms with Gasteiger partial charge in [0.1, 0.15) is 6.54 Å². The van der Waals surface area contributed by atoms with E-state index in [-0.39, 0.29) is 18.3 Å². The molecule has 0 aliphatic carbocycles. The highest BCUT2D eigenvalue weighted by Gasteiger charge is 2.32. The highest BCUT2D eigenvalue weighted by molar-refractivity contribution is 5.93. The molecule has 0 bridgehead atoms. The molecule has 3 rings (SSSR count). The Bertz CT molecular complexity index is 717. The lowest BCUT2D eigenvalue weighted by atomic mass is 10.1. The number of rotatable bonds is 5. The third-order valence-corrected chi connectivity index (χ3v) is 5.60. The number of carbonyl (C=O) groups is 1. The number of halogens is 1. The van der Waals surface area contributed by atoms with Gasteiger partial charge in [-0.2, -0.15) is 0 Å². The molecule has 0 aromatic heterocycles. The average molecular weight is 387 g/mol. The molecule has 2 aromatic carbocycles. The van der Waals surface area contributed by atoms with Gasteiger partial charge in [-0.15, -0.1) is 0 Å². The number of para-hydroxylation sites is 1. The lowest BCUT2D eigenvalue weighted by Crippen LogP contribution is -3.00. The number of likely N-dealkylation sites (tertiary alicyclic amines) is 1. The summed E-state index contributed by atoms with van der Waals surface area (Å²) in [6.45, 7) is 7.81. The van der Waals surface area contributed by atoms with Crippen LogP contribution in [0.5, 0.6) is 0 Å². The van der Waals surface area contributed by atoms with Crippen molar-refractivity contribution in [3.8, 4) is 0 Å². The molecule has 1 N–H and O–H groups in total. The summed E-state index contributed by atoms with van der Waals surface area (Å²) >= 11 is 0. The van der Waals surface area contributed by atoms with Crippen LogP contribution in [-0.4, -0.2) is 30.0 Å². The monoisotopic (exact) mass is 386 g/mol. The van der Waals surface area contributed by atoms with Crippen LogP contribution in [0.1, 0.15) is 42.4 Å². The highest BCUT2D eigenvalue weighted by atomic mass is 35.5. The maximum absolute atomic E-state index is 13.0. The number of aryl methyl sites for hydroxylation is 2. The first-order chi connectivity index (χ1) is 12.6. The van der Waals surface area contributed by atoms with E-state index in [1.165, 1.54) is 31.2 Å². The lowest BCUT2D eigenvalue weighted by molar-refractivity contribution is -0.932. The Morgan fingerprint density at radius 3 is 2.07 bits per heavy atom. The van der Waals surface area contributed by atoms with Crippen LogP contribution in [0.2, 0.25) is 0 Å². The van der Waals surface area contributed by atoms with Gasteiger partial charge in [-0.25, -0.2) is 0 Å². The van der Waals surface area contributed by atoms with Crippen LogP contribution in [0.15, 0.2) is 48.5 Å². The number of benzene rings is 2. The van der Waals surface area contributed by atoms with Crippen LogP contribution in [0.4, 0.5) is 5.69 Å². The summed E-state index contributed by atoms with van der Waals surface area (Å²) in [6.07, 6.45) is 4.99. The molecule has 146 valence electrons. The number of anilines is 1. The van der Waals surface area contributed by atoms with Crippen LogP contribution in [0.25, 0.3) is 0 Å². The molecule has 1 amide bonds. The average Bonchev–Trinajstić information content (AvgIpc) is 2.85. The number of carbonyl (C=O) groups excluding carboxylic acids is 1. The Hall–Kier alpha value is -1.84. The minimum Gasteiger partial charge on any atom is -1.00 e. The predicted molar refractivity (Wildman–Crippen MR) is 108 cm³/mol. The zero-order valence-corrected chi connectivity index (χ0v) is 17.3. The topological polar surface area (TPSA) is 29.1 Å². The molecule has 2 aromatic rings. The molecule has 0 spiro atoms. The van der Waals surface area contributed by atoms with Gasteiger partial charge in [0.15, 0.2) is 6.54 Å². The lowest BCUT2D eigenvalue weighted by Gasteiger charge is -2.37. The Balaban J connectivity index is 0.00000261. The van der Waals surface area contributed by atoms with E-state index in [0.717, 1.165) is 40.9 Å². The molecule has 1 fully saturated rings. The zero-order valence-electron chi connectivity index (χ0n) is 16.5. The molecule has 1 aliphatic heterocycles. The Labute approximate surface area is 169 Å². The maximum Gasteiger partial charge on any atom is 0.279 e. The van der Waals surface area contributed by atoms with Gasteiger partial charge < -0.3 is 22.2 Å². The molecule has 1 heterocycles. The van der Waals surface area contributed by atoms with Crippen molar-refractivity contribution in [2.75, 3.05) is 25.0 Å². The summed E-state index contributed by atoms with van der Waals surface area (Å²) in [5.41, 5.74) is 4.56. The standard InChI is InChI=1S/C23H30N2O.ClH/c1-19-11-10-12-20(2)23(19)24-22(26)18-25(15-8-3-4-9-16-25)17-21-13-6-5-7-14-21;/h5-7,10-14H,3-4,8-9,15-18H2,1-2H3;1H. The van der Waals surface area contributed by atoms with Crippen molar-refractivity contribution in [1.29, 1.82) is 0 Å². The van der Waals surface area contributed by atoms with Gasteiger partial charge in [-0.3, -0.25) is 4.79 Å². The summed E-state index contributed by atoms with van der Waals surface area (Å²) in [5.74, 6) is 0.139. The fourth-order valence-electron chi connectivity index (χ4n) is 4.20. The first-order valence-electron chi connectivity index (χ1n) is 9.83. The van der Waals surface area contributed by atoms with E-state index in [0.29, 0.717) is 6.54 Å². The minimum absolute atomic E-state index is 0. The first kappa shape index (κ1) is 21.5. The highest BCUT2D eigenvalue weighted by Crippen LogP contribution is 2.24. The second kappa shape index (κ2) is 9.91. The van der Waals surface area contributed by atoms with E-state index >= 15 is 0 Å². The number of amides is 1. The molecule has 3 nitrogen and oxygen atoms in total. The van der Waals surface area contributed by atoms with Gasteiger partial charge in [-0.05, 0) is 50.7 Å². The quantitative estimate of drug-likeness (QED) is 0.780. The van der Waals surface area contributed by atoms with E-state index in [1.807, 2.05) is 6.07 Å². The van der Waals surface area contributed by atoms with Crippen molar-refractivity contribution in [1.82, 2.24) is 0 Å². The molecule has 4 heteroatoms. The first-order valence-corrected chi connectivity index (χ1v) is 9.83. The second-order valence-corrected chi connectivity index (χ2v) is 7.82. The third-order valence-electron chi connectivity index (χ3n) is 5.60. The van der Waals surface area contributed by atoms with Crippen molar-refractivity contribution >= 4 is 11.6 Å². The molecule has 0 atom stereocenters. The Morgan fingerprint density at radius 2 is 1.48 bits per heavy atom. The summed E-state index contributed by atoms with van der Waals surface area (Å²) in [4.78, 5) is 13.0. The molecule has 1 saturated heterocycles. The van der Waals surface area contributed by atoms with E-state index in [1.54, 1.807) is 0 Å². The summed E-state index contributed by atoms with van der Waals surface area (Å²) in [5, 5.41) is 3.20.